The van der Waals surface area contributed by atoms with Crippen LogP contribution in [-0.2, 0) is 9.53 Å². The second-order valence-corrected chi connectivity index (χ2v) is 3.74. The van der Waals surface area contributed by atoms with Gasteiger partial charge in [-0.15, -0.1) is 0 Å². The minimum Gasteiger partial charge on any atom is -0.458 e. The maximum atomic E-state index is 12.0. The standard InChI is InChI=1S/C10H12BrF3O3/c1-7(6-8(15)10(12,13)14)9(16)17-5-3-2-4-11/h2-3,8,15H,1,4-6H2/b3-2+. The highest BCUT2D eigenvalue weighted by atomic mass is 79.9. The topological polar surface area (TPSA) is 46.5 Å². The predicted molar refractivity (Wildman–Crippen MR) is 59.7 cm³/mol. The molecule has 0 saturated heterocycles. The Balaban J connectivity index is 4.07. The van der Waals surface area contributed by atoms with Crippen LogP contribution in [0.1, 0.15) is 6.42 Å². The van der Waals surface area contributed by atoms with Crippen molar-refractivity contribution in [2.24, 2.45) is 0 Å². The average Bonchev–Trinajstić information content (AvgIpc) is 2.22. The van der Waals surface area contributed by atoms with Crippen LogP contribution >= 0.6 is 15.9 Å². The molecule has 0 saturated carbocycles. The first kappa shape index (κ1) is 16.2. The van der Waals surface area contributed by atoms with E-state index in [-0.39, 0.29) is 6.61 Å². The Morgan fingerprint density at radius 3 is 2.53 bits per heavy atom. The van der Waals surface area contributed by atoms with E-state index in [9.17, 15) is 18.0 Å². The summed E-state index contributed by atoms with van der Waals surface area (Å²) in [4.78, 5) is 11.1. The first-order valence-electron chi connectivity index (χ1n) is 4.59. The quantitative estimate of drug-likeness (QED) is 0.354. The molecule has 0 rings (SSSR count). The number of esters is 1. The molecule has 0 radical (unpaired) electrons. The molecule has 0 heterocycles. The first-order chi connectivity index (χ1) is 7.79. The molecule has 98 valence electrons. The van der Waals surface area contributed by atoms with Crippen LogP contribution in [0.3, 0.4) is 0 Å². The van der Waals surface area contributed by atoms with Gasteiger partial charge in [-0.3, -0.25) is 0 Å². The van der Waals surface area contributed by atoms with Gasteiger partial charge in [0.2, 0.25) is 0 Å². The van der Waals surface area contributed by atoms with Gasteiger partial charge in [0, 0.05) is 17.3 Å². The van der Waals surface area contributed by atoms with Crippen LogP contribution in [0.25, 0.3) is 0 Å². The van der Waals surface area contributed by atoms with E-state index in [2.05, 4.69) is 27.2 Å². The van der Waals surface area contributed by atoms with E-state index in [1.54, 1.807) is 6.08 Å². The summed E-state index contributed by atoms with van der Waals surface area (Å²) in [7, 11) is 0. The number of ether oxygens (including phenoxy) is 1. The van der Waals surface area contributed by atoms with Gasteiger partial charge >= 0.3 is 12.1 Å². The number of aliphatic hydroxyl groups is 1. The van der Waals surface area contributed by atoms with Crippen LogP contribution in [0.5, 0.6) is 0 Å². The zero-order valence-electron chi connectivity index (χ0n) is 8.84. The van der Waals surface area contributed by atoms with Gasteiger partial charge in [-0.1, -0.05) is 34.7 Å². The SMILES string of the molecule is C=C(CC(O)C(F)(F)F)C(=O)OC/C=C/CBr. The van der Waals surface area contributed by atoms with Crippen LogP contribution in [0, 0.1) is 0 Å². The zero-order chi connectivity index (χ0) is 13.5. The summed E-state index contributed by atoms with van der Waals surface area (Å²) >= 11 is 3.10. The fourth-order valence-corrected chi connectivity index (χ4v) is 1.05. The van der Waals surface area contributed by atoms with Crippen LogP contribution < -0.4 is 0 Å². The highest BCUT2D eigenvalue weighted by Crippen LogP contribution is 2.24. The summed E-state index contributed by atoms with van der Waals surface area (Å²) in [6.07, 6.45) is -5.05. The Morgan fingerprint density at radius 1 is 1.47 bits per heavy atom. The monoisotopic (exact) mass is 316 g/mol. The van der Waals surface area contributed by atoms with Gasteiger partial charge in [-0.25, -0.2) is 4.79 Å². The largest absolute Gasteiger partial charge is 0.458 e. The van der Waals surface area contributed by atoms with Gasteiger partial charge < -0.3 is 9.84 Å². The van der Waals surface area contributed by atoms with E-state index >= 15 is 0 Å². The Hall–Kier alpha value is -0.820. The van der Waals surface area contributed by atoms with Gasteiger partial charge in [0.25, 0.3) is 0 Å². The number of rotatable bonds is 6. The van der Waals surface area contributed by atoms with E-state index in [1.807, 2.05) is 0 Å². The molecule has 0 aliphatic carbocycles. The Kier molecular flexibility index (Phi) is 7.13. The van der Waals surface area contributed by atoms with Crippen LogP contribution in [0.15, 0.2) is 24.3 Å². The summed E-state index contributed by atoms with van der Waals surface area (Å²) in [5.41, 5.74) is -0.415. The number of halogens is 4. The minimum atomic E-state index is -4.76. The van der Waals surface area contributed by atoms with Crippen LogP contribution in [0.2, 0.25) is 0 Å². The first-order valence-corrected chi connectivity index (χ1v) is 5.71. The van der Waals surface area contributed by atoms with Gasteiger partial charge in [-0.05, 0) is 0 Å². The summed E-state index contributed by atoms with van der Waals surface area (Å²) < 4.78 is 40.5. The molecule has 0 amide bonds. The fraction of sp³-hybridized carbons (Fsp3) is 0.500. The maximum Gasteiger partial charge on any atom is 0.414 e. The number of hydrogen-bond acceptors (Lipinski definition) is 3. The molecule has 0 bridgehead atoms. The van der Waals surface area contributed by atoms with Gasteiger partial charge in [0.1, 0.15) is 6.61 Å². The molecule has 0 fully saturated rings. The average molecular weight is 317 g/mol. The van der Waals surface area contributed by atoms with Crippen molar-refractivity contribution in [1.29, 1.82) is 0 Å². The predicted octanol–water partition coefficient (Wildman–Crippen LogP) is 2.35. The lowest BCUT2D eigenvalue weighted by atomic mass is 10.1. The molecule has 1 N–H and O–H groups in total. The number of carbonyl (C=O) groups is 1. The lowest BCUT2D eigenvalue weighted by molar-refractivity contribution is -0.203. The van der Waals surface area contributed by atoms with Crippen LogP contribution in [-0.4, -0.2) is 35.3 Å². The van der Waals surface area contributed by atoms with Gasteiger partial charge in [-0.2, -0.15) is 13.2 Å². The lowest BCUT2D eigenvalue weighted by Gasteiger charge is -2.14. The zero-order valence-corrected chi connectivity index (χ0v) is 10.4. The third kappa shape index (κ3) is 7.17. The molecule has 17 heavy (non-hydrogen) atoms. The van der Waals surface area contributed by atoms with E-state index < -0.39 is 30.2 Å². The Morgan fingerprint density at radius 2 is 2.06 bits per heavy atom. The van der Waals surface area contributed by atoms with Crippen molar-refractivity contribution >= 4 is 21.9 Å². The second-order valence-electron chi connectivity index (χ2n) is 3.09. The minimum absolute atomic E-state index is 0.0500. The van der Waals surface area contributed by atoms with Crippen molar-refractivity contribution in [2.45, 2.75) is 18.7 Å². The lowest BCUT2D eigenvalue weighted by Crippen LogP contribution is -2.30. The van der Waals surface area contributed by atoms with Crippen molar-refractivity contribution in [3.63, 3.8) is 0 Å². The molecule has 3 nitrogen and oxygen atoms in total. The van der Waals surface area contributed by atoms with Crippen molar-refractivity contribution in [1.82, 2.24) is 0 Å². The highest BCUT2D eigenvalue weighted by molar-refractivity contribution is 9.09. The van der Waals surface area contributed by atoms with E-state index in [1.165, 1.54) is 6.08 Å². The molecule has 7 heteroatoms. The molecular weight excluding hydrogens is 305 g/mol. The summed E-state index contributed by atoms with van der Waals surface area (Å²) in [6.45, 7) is 3.09. The maximum absolute atomic E-state index is 12.0. The van der Waals surface area contributed by atoms with Gasteiger partial charge in [0.05, 0.1) is 0 Å². The number of alkyl halides is 4. The van der Waals surface area contributed by atoms with Crippen LogP contribution in [0.4, 0.5) is 13.2 Å². The van der Waals surface area contributed by atoms with E-state index in [4.69, 9.17) is 5.11 Å². The van der Waals surface area contributed by atoms with Gasteiger partial charge in [0.15, 0.2) is 6.10 Å². The fourth-order valence-electron chi connectivity index (χ4n) is 0.789. The van der Waals surface area contributed by atoms with E-state index in [0.29, 0.717) is 5.33 Å². The molecule has 0 aromatic heterocycles. The third-order valence-corrected chi connectivity index (χ3v) is 2.05. The molecule has 0 aromatic rings. The molecule has 1 atom stereocenters. The van der Waals surface area contributed by atoms with Crippen molar-refractivity contribution in [2.75, 3.05) is 11.9 Å². The summed E-state index contributed by atoms with van der Waals surface area (Å²) in [5, 5.41) is 9.28. The normalized spacial score (nSPS) is 13.7. The second kappa shape index (κ2) is 7.50. The molecule has 0 spiro atoms. The molecule has 1 unspecified atom stereocenters. The molecule has 0 aromatic carbocycles. The Bertz CT molecular complexity index is 300. The van der Waals surface area contributed by atoms with E-state index in [0.717, 1.165) is 0 Å². The third-order valence-electron chi connectivity index (χ3n) is 1.67. The number of aliphatic hydroxyl groups excluding tert-OH is 1. The van der Waals surface area contributed by atoms with Crippen molar-refractivity contribution in [3.05, 3.63) is 24.3 Å². The molecule has 0 aliphatic heterocycles. The van der Waals surface area contributed by atoms with Crippen molar-refractivity contribution < 1.29 is 27.8 Å². The number of hydrogen-bond donors (Lipinski definition) is 1. The smallest absolute Gasteiger partial charge is 0.414 e. The highest BCUT2D eigenvalue weighted by Gasteiger charge is 2.39. The summed E-state index contributed by atoms with van der Waals surface area (Å²) in [5.74, 6) is -0.951. The Labute approximate surface area is 105 Å². The summed E-state index contributed by atoms with van der Waals surface area (Å²) in [6, 6.07) is 0. The van der Waals surface area contributed by atoms with Crippen molar-refractivity contribution in [3.8, 4) is 0 Å². The number of carbonyl (C=O) groups excluding carboxylic acids is 1. The molecule has 0 aliphatic rings. The molecular formula is C10H12BrF3O3. The number of allylic oxidation sites excluding steroid dienone is 1.